The maximum atomic E-state index is 11.9. The zero-order valence-corrected chi connectivity index (χ0v) is 11.3. The molecule has 1 aliphatic rings. The molecule has 0 saturated carbocycles. The minimum Gasteiger partial charge on any atom is -0.325 e. The Bertz CT molecular complexity index is 448. The van der Waals surface area contributed by atoms with Gasteiger partial charge in [0, 0.05) is 11.3 Å². The Morgan fingerprint density at radius 1 is 1.11 bits per heavy atom. The lowest BCUT2D eigenvalue weighted by atomic mass is 10.1. The van der Waals surface area contributed by atoms with E-state index in [9.17, 15) is 9.59 Å². The summed E-state index contributed by atoms with van der Waals surface area (Å²) in [5.74, 6) is 0.0451. The van der Waals surface area contributed by atoms with Crippen molar-refractivity contribution in [1.29, 1.82) is 0 Å². The second-order valence-corrected chi connectivity index (χ2v) is 5.02. The highest BCUT2D eigenvalue weighted by atomic mass is 16.2. The summed E-state index contributed by atoms with van der Waals surface area (Å²) in [7, 11) is 0. The molecule has 0 unspecified atom stereocenters. The molecule has 0 spiro atoms. The van der Waals surface area contributed by atoms with E-state index in [4.69, 9.17) is 0 Å². The summed E-state index contributed by atoms with van der Waals surface area (Å²) in [6, 6.07) is 7.01. The molecule has 19 heavy (non-hydrogen) atoms. The van der Waals surface area contributed by atoms with Gasteiger partial charge in [-0.1, -0.05) is 6.42 Å². The molecule has 2 rings (SSSR count). The van der Waals surface area contributed by atoms with Gasteiger partial charge in [-0.25, -0.2) is 0 Å². The van der Waals surface area contributed by atoms with E-state index in [2.05, 4.69) is 10.2 Å². The Morgan fingerprint density at radius 3 is 2.32 bits per heavy atom. The predicted octanol–water partition coefficient (Wildman–Crippen LogP) is 2.31. The van der Waals surface area contributed by atoms with Crippen molar-refractivity contribution in [2.24, 2.45) is 0 Å². The molecule has 0 radical (unpaired) electrons. The van der Waals surface area contributed by atoms with Crippen LogP contribution >= 0.6 is 0 Å². The van der Waals surface area contributed by atoms with Crippen LogP contribution < -0.4 is 5.32 Å². The SMILES string of the molecule is CC(=O)c1ccc(NC(=O)CN2CCCCC2)cc1. The quantitative estimate of drug-likeness (QED) is 0.845. The van der Waals surface area contributed by atoms with Crippen molar-refractivity contribution >= 4 is 17.4 Å². The molecule has 1 N–H and O–H groups in total. The van der Waals surface area contributed by atoms with Gasteiger partial charge in [0.1, 0.15) is 0 Å². The summed E-state index contributed by atoms with van der Waals surface area (Å²) in [6.07, 6.45) is 3.63. The van der Waals surface area contributed by atoms with E-state index in [0.29, 0.717) is 12.1 Å². The van der Waals surface area contributed by atoms with E-state index in [1.807, 2.05) is 0 Å². The van der Waals surface area contributed by atoms with Gasteiger partial charge in [-0.05, 0) is 57.1 Å². The number of amides is 1. The number of nitrogens with zero attached hydrogens (tertiary/aromatic N) is 1. The summed E-state index contributed by atoms with van der Waals surface area (Å²) in [4.78, 5) is 25.2. The number of rotatable bonds is 4. The Kier molecular flexibility index (Phi) is 4.68. The summed E-state index contributed by atoms with van der Waals surface area (Å²) < 4.78 is 0. The molecular weight excluding hydrogens is 240 g/mol. The largest absolute Gasteiger partial charge is 0.325 e. The molecule has 1 heterocycles. The van der Waals surface area contributed by atoms with Crippen LogP contribution in [0.15, 0.2) is 24.3 Å². The summed E-state index contributed by atoms with van der Waals surface area (Å²) >= 11 is 0. The van der Waals surface area contributed by atoms with Crippen LogP contribution in [0, 0.1) is 0 Å². The lowest BCUT2D eigenvalue weighted by molar-refractivity contribution is -0.117. The number of hydrogen-bond donors (Lipinski definition) is 1. The van der Waals surface area contributed by atoms with Gasteiger partial charge in [0.05, 0.1) is 6.54 Å². The molecule has 0 atom stereocenters. The average Bonchev–Trinajstić information content (AvgIpc) is 2.40. The zero-order valence-electron chi connectivity index (χ0n) is 11.3. The van der Waals surface area contributed by atoms with Crippen molar-refractivity contribution in [3.8, 4) is 0 Å². The topological polar surface area (TPSA) is 49.4 Å². The first kappa shape index (κ1) is 13.7. The van der Waals surface area contributed by atoms with Crippen LogP contribution in [0.2, 0.25) is 0 Å². The molecule has 0 aromatic heterocycles. The monoisotopic (exact) mass is 260 g/mol. The van der Waals surface area contributed by atoms with Gasteiger partial charge in [-0.15, -0.1) is 0 Å². The van der Waals surface area contributed by atoms with Crippen LogP contribution in [0.25, 0.3) is 0 Å². The number of anilines is 1. The third-order valence-electron chi connectivity index (χ3n) is 3.39. The normalized spacial score (nSPS) is 16.1. The molecule has 4 heteroatoms. The lowest BCUT2D eigenvalue weighted by Gasteiger charge is -2.25. The minimum absolute atomic E-state index is 0.0116. The molecule has 1 saturated heterocycles. The molecule has 0 aliphatic carbocycles. The van der Waals surface area contributed by atoms with Gasteiger partial charge >= 0.3 is 0 Å². The van der Waals surface area contributed by atoms with Crippen LogP contribution in [0.4, 0.5) is 5.69 Å². The van der Waals surface area contributed by atoms with Crippen LogP contribution in [0.3, 0.4) is 0 Å². The molecule has 102 valence electrons. The van der Waals surface area contributed by atoms with Crippen molar-refractivity contribution in [3.05, 3.63) is 29.8 Å². The Labute approximate surface area is 113 Å². The number of nitrogens with one attached hydrogen (secondary N) is 1. The van der Waals surface area contributed by atoms with E-state index >= 15 is 0 Å². The fourth-order valence-electron chi connectivity index (χ4n) is 2.31. The number of benzene rings is 1. The maximum absolute atomic E-state index is 11.9. The van der Waals surface area contributed by atoms with Gasteiger partial charge in [-0.2, -0.15) is 0 Å². The number of carbonyl (C=O) groups excluding carboxylic acids is 2. The summed E-state index contributed by atoms with van der Waals surface area (Å²) in [5.41, 5.74) is 1.40. The number of Topliss-reactive ketones (excluding diaryl/α,β-unsaturated/α-hetero) is 1. The Balaban J connectivity index is 1.85. The average molecular weight is 260 g/mol. The first-order valence-electron chi connectivity index (χ1n) is 6.78. The third-order valence-corrected chi connectivity index (χ3v) is 3.39. The fraction of sp³-hybridized carbons (Fsp3) is 0.467. The molecule has 1 fully saturated rings. The standard InChI is InChI=1S/C15H20N2O2/c1-12(18)13-5-7-14(8-6-13)16-15(19)11-17-9-3-2-4-10-17/h5-8H,2-4,9-11H2,1H3,(H,16,19). The van der Waals surface area contributed by atoms with Crippen molar-refractivity contribution in [2.45, 2.75) is 26.2 Å². The smallest absolute Gasteiger partial charge is 0.238 e. The lowest BCUT2D eigenvalue weighted by Crippen LogP contribution is -2.36. The van der Waals surface area contributed by atoms with Crippen molar-refractivity contribution in [2.75, 3.05) is 25.0 Å². The number of hydrogen-bond acceptors (Lipinski definition) is 3. The second-order valence-electron chi connectivity index (χ2n) is 5.02. The van der Waals surface area contributed by atoms with Crippen LogP contribution in [0.5, 0.6) is 0 Å². The third kappa shape index (κ3) is 4.17. The molecule has 1 aromatic carbocycles. The highest BCUT2D eigenvalue weighted by molar-refractivity contribution is 5.96. The van der Waals surface area contributed by atoms with E-state index in [1.165, 1.54) is 26.2 Å². The molecule has 4 nitrogen and oxygen atoms in total. The Hall–Kier alpha value is -1.68. The summed E-state index contributed by atoms with van der Waals surface area (Å²) in [6.45, 7) is 4.01. The number of piperidine rings is 1. The van der Waals surface area contributed by atoms with Crippen molar-refractivity contribution in [3.63, 3.8) is 0 Å². The highest BCUT2D eigenvalue weighted by Crippen LogP contribution is 2.11. The van der Waals surface area contributed by atoms with Crippen LogP contribution in [-0.2, 0) is 4.79 Å². The number of likely N-dealkylation sites (tertiary alicyclic amines) is 1. The maximum Gasteiger partial charge on any atom is 0.238 e. The number of ketones is 1. The van der Waals surface area contributed by atoms with E-state index in [-0.39, 0.29) is 11.7 Å². The molecule has 1 aromatic rings. The van der Waals surface area contributed by atoms with Gasteiger partial charge in [-0.3, -0.25) is 14.5 Å². The summed E-state index contributed by atoms with van der Waals surface area (Å²) in [5, 5.41) is 2.86. The highest BCUT2D eigenvalue weighted by Gasteiger charge is 2.13. The minimum atomic E-state index is 0.0116. The van der Waals surface area contributed by atoms with Gasteiger partial charge in [0.25, 0.3) is 0 Å². The molecule has 0 bridgehead atoms. The predicted molar refractivity (Wildman–Crippen MR) is 75.4 cm³/mol. The van der Waals surface area contributed by atoms with E-state index in [1.54, 1.807) is 24.3 Å². The van der Waals surface area contributed by atoms with Crippen LogP contribution in [0.1, 0.15) is 36.5 Å². The van der Waals surface area contributed by atoms with Gasteiger partial charge in [0.2, 0.25) is 5.91 Å². The van der Waals surface area contributed by atoms with Gasteiger partial charge < -0.3 is 5.32 Å². The molecular formula is C15H20N2O2. The van der Waals surface area contributed by atoms with Crippen molar-refractivity contribution < 1.29 is 9.59 Å². The van der Waals surface area contributed by atoms with E-state index in [0.717, 1.165) is 18.8 Å². The number of carbonyl (C=O) groups is 2. The first-order chi connectivity index (χ1) is 9.15. The first-order valence-corrected chi connectivity index (χ1v) is 6.78. The van der Waals surface area contributed by atoms with Gasteiger partial charge in [0.15, 0.2) is 5.78 Å². The Morgan fingerprint density at radius 2 is 1.74 bits per heavy atom. The molecule has 1 aliphatic heterocycles. The van der Waals surface area contributed by atoms with E-state index < -0.39 is 0 Å². The van der Waals surface area contributed by atoms with Crippen LogP contribution in [-0.4, -0.2) is 36.2 Å². The van der Waals surface area contributed by atoms with Crippen molar-refractivity contribution in [1.82, 2.24) is 4.90 Å². The second kappa shape index (κ2) is 6.48. The molecule has 1 amide bonds. The fourth-order valence-corrected chi connectivity index (χ4v) is 2.31. The zero-order chi connectivity index (χ0) is 13.7.